The molecule has 1 aromatic carbocycles. The Hall–Kier alpha value is -4.47. The summed E-state index contributed by atoms with van der Waals surface area (Å²) in [7, 11) is 2.83. The van der Waals surface area contributed by atoms with Gasteiger partial charge in [-0.1, -0.05) is 13.0 Å². The maximum absolute atomic E-state index is 14.1. The number of Topliss-reactive ketones (excluding diaryl/α,β-unsaturated/α-hetero) is 2. The Morgan fingerprint density at radius 2 is 1.64 bits per heavy atom. The van der Waals surface area contributed by atoms with E-state index in [2.05, 4.69) is 5.32 Å². The number of ether oxygens (including phenoxy) is 2. The molecule has 1 saturated carbocycles. The van der Waals surface area contributed by atoms with Crippen LogP contribution in [0.15, 0.2) is 29.0 Å². The molecule has 15 nitrogen and oxygen atoms in total. The zero-order valence-electron chi connectivity index (χ0n) is 24.7. The Bertz CT molecular complexity index is 1500. The van der Waals surface area contributed by atoms with E-state index in [9.17, 15) is 49.5 Å². The Kier molecular flexibility index (Phi) is 8.52. The number of ketones is 2. The van der Waals surface area contributed by atoms with Crippen LogP contribution in [0.4, 0.5) is 5.69 Å². The minimum absolute atomic E-state index is 0.0637. The number of nitrogens with zero attached hydrogens (tertiary/aromatic N) is 1. The molecular formula is C29H35N3O12. The minimum atomic E-state index is -3.06. The zero-order chi connectivity index (χ0) is 33.0. The van der Waals surface area contributed by atoms with Crippen LogP contribution in [0.5, 0.6) is 5.75 Å². The largest absolute Gasteiger partial charge is 0.508 e. The Morgan fingerprint density at radius 3 is 2.14 bits per heavy atom. The van der Waals surface area contributed by atoms with E-state index in [1.807, 2.05) is 0 Å². The molecular weight excluding hydrogens is 582 g/mol. The highest BCUT2D eigenvalue weighted by atomic mass is 16.6. The maximum atomic E-state index is 14.1. The molecule has 0 unspecified atom stereocenters. The van der Waals surface area contributed by atoms with Gasteiger partial charge < -0.3 is 46.1 Å². The maximum Gasteiger partial charge on any atom is 0.340 e. The fraction of sp³-hybridized carbons (Fsp3) is 0.483. The number of nitrogens with two attached hydrogens (primary N) is 1. The van der Waals surface area contributed by atoms with E-state index in [-0.39, 0.29) is 30.0 Å². The predicted octanol–water partition coefficient (Wildman–Crippen LogP) is -0.597. The normalized spacial score (nSPS) is 28.0. The lowest BCUT2D eigenvalue weighted by molar-refractivity contribution is -0.169. The molecule has 238 valence electrons. The van der Waals surface area contributed by atoms with Crippen molar-refractivity contribution in [2.75, 3.05) is 32.6 Å². The number of hydrogen-bond acceptors (Lipinski definition) is 14. The summed E-state index contributed by atoms with van der Waals surface area (Å²) < 4.78 is 9.86. The highest BCUT2D eigenvalue weighted by Crippen LogP contribution is 2.56. The SMILES string of the molecule is CCOC(=O)C(Nc1ccc2c(c1O)C(O)=C1C(=O)[C@@]3(O)C(O)=C(C(N)=O)C(=O)[C@H](N(C)C)[C@H]3[C@H](O)[C@H]1[C@@H]2C)C(=O)OCC. The molecule has 1 amide bonds. The Morgan fingerprint density at radius 1 is 1.07 bits per heavy atom. The number of phenolic OH excluding ortho intramolecular Hbond substituents is 1. The summed E-state index contributed by atoms with van der Waals surface area (Å²) >= 11 is 0. The smallest absolute Gasteiger partial charge is 0.340 e. The lowest BCUT2D eigenvalue weighted by Gasteiger charge is -2.53. The van der Waals surface area contributed by atoms with Gasteiger partial charge in [0, 0.05) is 11.5 Å². The second-order valence-electron chi connectivity index (χ2n) is 11.1. The third-order valence-corrected chi connectivity index (χ3v) is 8.47. The van der Waals surface area contributed by atoms with Crippen LogP contribution in [0.3, 0.4) is 0 Å². The van der Waals surface area contributed by atoms with Crippen molar-refractivity contribution in [2.45, 2.75) is 50.5 Å². The van der Waals surface area contributed by atoms with E-state index in [1.165, 1.54) is 45.0 Å². The third kappa shape index (κ3) is 4.58. The van der Waals surface area contributed by atoms with Gasteiger partial charge in [0.15, 0.2) is 11.4 Å². The molecule has 6 atom stereocenters. The molecule has 1 fully saturated rings. The number of primary amides is 1. The van der Waals surface area contributed by atoms with Gasteiger partial charge in [-0.25, -0.2) is 9.59 Å². The van der Waals surface area contributed by atoms with Crippen molar-refractivity contribution in [1.82, 2.24) is 4.90 Å². The molecule has 3 aliphatic carbocycles. The number of esters is 2. The number of rotatable bonds is 8. The summed E-state index contributed by atoms with van der Waals surface area (Å²) in [5.74, 6) is -12.5. The highest BCUT2D eigenvalue weighted by molar-refractivity contribution is 6.24. The van der Waals surface area contributed by atoms with Crippen molar-refractivity contribution >= 4 is 40.9 Å². The average Bonchev–Trinajstić information content (AvgIpc) is 2.94. The fourth-order valence-electron chi connectivity index (χ4n) is 6.55. The lowest BCUT2D eigenvalue weighted by atomic mass is 9.54. The van der Waals surface area contributed by atoms with Crippen LogP contribution in [0, 0.1) is 11.8 Å². The number of aromatic hydroxyl groups is 1. The first-order chi connectivity index (χ1) is 20.6. The number of hydrogen-bond donors (Lipinski definition) is 7. The van der Waals surface area contributed by atoms with E-state index < -0.39 is 99.4 Å². The number of amides is 1. The average molecular weight is 618 g/mol. The quantitative estimate of drug-likeness (QED) is 0.0834. The first-order valence-electron chi connectivity index (χ1n) is 13.9. The summed E-state index contributed by atoms with van der Waals surface area (Å²) in [4.78, 5) is 65.8. The molecule has 0 aliphatic heterocycles. The van der Waals surface area contributed by atoms with Crippen LogP contribution < -0.4 is 11.1 Å². The Balaban J connectivity index is 1.92. The predicted molar refractivity (Wildman–Crippen MR) is 151 cm³/mol. The van der Waals surface area contributed by atoms with Crippen molar-refractivity contribution in [3.05, 3.63) is 40.2 Å². The van der Waals surface area contributed by atoms with Crippen molar-refractivity contribution < 1.29 is 59.0 Å². The molecule has 44 heavy (non-hydrogen) atoms. The van der Waals surface area contributed by atoms with Gasteiger partial charge in [-0.2, -0.15) is 0 Å². The van der Waals surface area contributed by atoms with Crippen LogP contribution in [0.1, 0.15) is 37.8 Å². The molecule has 0 saturated heterocycles. The van der Waals surface area contributed by atoms with Gasteiger partial charge in [-0.05, 0) is 45.5 Å². The van der Waals surface area contributed by atoms with Gasteiger partial charge in [0.1, 0.15) is 22.8 Å². The third-order valence-electron chi connectivity index (χ3n) is 8.47. The number of aliphatic hydroxyl groups excluding tert-OH is 3. The molecule has 0 heterocycles. The van der Waals surface area contributed by atoms with Crippen LogP contribution >= 0.6 is 0 Å². The molecule has 0 spiro atoms. The number of phenols is 1. The summed E-state index contributed by atoms with van der Waals surface area (Å²) in [5, 5.41) is 59.7. The lowest BCUT2D eigenvalue weighted by Crippen LogP contribution is -2.70. The minimum Gasteiger partial charge on any atom is -0.508 e. The van der Waals surface area contributed by atoms with Gasteiger partial charge >= 0.3 is 11.9 Å². The molecule has 3 aliphatic rings. The van der Waals surface area contributed by atoms with E-state index >= 15 is 0 Å². The van der Waals surface area contributed by atoms with Crippen molar-refractivity contribution in [2.24, 2.45) is 17.6 Å². The van der Waals surface area contributed by atoms with E-state index in [0.29, 0.717) is 0 Å². The molecule has 4 rings (SSSR count). The van der Waals surface area contributed by atoms with Gasteiger partial charge in [0.05, 0.1) is 42.5 Å². The zero-order valence-corrected chi connectivity index (χ0v) is 24.7. The number of nitrogens with one attached hydrogen (secondary N) is 1. The molecule has 0 bridgehead atoms. The molecule has 0 aromatic heterocycles. The number of carbonyl (C=O) groups is 5. The van der Waals surface area contributed by atoms with E-state index in [0.717, 1.165) is 0 Å². The number of anilines is 1. The standard InChI is InChI=1S/C29H35N3O12/c1-6-43-27(40)18(28(41)44-7-2)31-12-9-8-11-10(3)13-15(21(34)14(11)20(12)33)24(37)29(42)17(22(13)35)19(32(4)5)23(36)16(25(29)38)26(30)39/h8-10,13,17-19,22,31,33-35,38,42H,6-7H2,1-5H3,(H2,30,39)/t10-,13+,17+,19-,22-,29-/m1/s1. The second kappa shape index (κ2) is 11.6. The molecule has 8 N–H and O–H groups in total. The summed E-state index contributed by atoms with van der Waals surface area (Å²) in [6.07, 6.45) is -1.75. The summed E-state index contributed by atoms with van der Waals surface area (Å²) in [5.41, 5.74) is 0.336. The van der Waals surface area contributed by atoms with Crippen LogP contribution in [0.25, 0.3) is 5.76 Å². The summed E-state index contributed by atoms with van der Waals surface area (Å²) in [6, 6.07) is -0.447. The first-order valence-corrected chi connectivity index (χ1v) is 13.9. The second-order valence-corrected chi connectivity index (χ2v) is 11.1. The Labute approximate surface area is 251 Å². The molecule has 0 radical (unpaired) electrons. The van der Waals surface area contributed by atoms with Crippen molar-refractivity contribution in [1.29, 1.82) is 0 Å². The van der Waals surface area contributed by atoms with Crippen LogP contribution in [0.2, 0.25) is 0 Å². The number of likely N-dealkylation sites (N-methyl/N-ethyl adjacent to an activating group) is 1. The summed E-state index contributed by atoms with van der Waals surface area (Å²) in [6.45, 7) is 4.49. The molecule has 1 aromatic rings. The van der Waals surface area contributed by atoms with Gasteiger partial charge in [-0.3, -0.25) is 19.3 Å². The van der Waals surface area contributed by atoms with Crippen LogP contribution in [-0.2, 0) is 33.4 Å². The number of carbonyl (C=O) groups excluding carboxylic acids is 5. The van der Waals surface area contributed by atoms with E-state index in [4.69, 9.17) is 15.2 Å². The number of aliphatic hydroxyl groups is 4. The van der Waals surface area contributed by atoms with Crippen molar-refractivity contribution in [3.8, 4) is 5.75 Å². The highest BCUT2D eigenvalue weighted by Gasteiger charge is 2.68. The first kappa shape index (κ1) is 32.4. The number of fused-ring (bicyclic) bond motifs is 3. The topological polar surface area (TPSA) is 246 Å². The van der Waals surface area contributed by atoms with Crippen molar-refractivity contribution in [3.63, 3.8) is 0 Å². The fourth-order valence-corrected chi connectivity index (χ4v) is 6.55. The monoisotopic (exact) mass is 617 g/mol. The van der Waals surface area contributed by atoms with Gasteiger partial charge in [-0.15, -0.1) is 0 Å². The number of benzene rings is 1. The van der Waals surface area contributed by atoms with Crippen LogP contribution in [-0.4, -0.2) is 111 Å². The van der Waals surface area contributed by atoms with Gasteiger partial charge in [0.25, 0.3) is 5.91 Å². The van der Waals surface area contributed by atoms with E-state index in [1.54, 1.807) is 6.92 Å². The molecule has 15 heteroatoms. The van der Waals surface area contributed by atoms with Gasteiger partial charge in [0.2, 0.25) is 11.8 Å².